The number of rotatable bonds is 11. The normalized spacial score (nSPS) is 29.9. The van der Waals surface area contributed by atoms with E-state index in [4.69, 9.17) is 9.47 Å². The number of hydrogen-bond donors (Lipinski definition) is 4. The molecule has 0 radical (unpaired) electrons. The summed E-state index contributed by atoms with van der Waals surface area (Å²) in [7, 11) is 0. The summed E-state index contributed by atoms with van der Waals surface area (Å²) in [5.41, 5.74) is 6.07. The second-order valence-electron chi connectivity index (χ2n) is 14.0. The number of amides is 2. The molecule has 5 aliphatic rings. The molecule has 0 unspecified atom stereocenters. The van der Waals surface area contributed by atoms with Crippen molar-refractivity contribution in [1.29, 1.82) is 0 Å². The van der Waals surface area contributed by atoms with E-state index in [0.717, 1.165) is 82.6 Å². The van der Waals surface area contributed by atoms with Gasteiger partial charge in [-0.3, -0.25) is 0 Å². The average molecular weight is 643 g/mol. The lowest BCUT2D eigenvalue weighted by Gasteiger charge is -2.56. The number of carbonyl (C=O) groups excluding carboxylic acids is 1. The first-order chi connectivity index (χ1) is 22.5. The van der Waals surface area contributed by atoms with Gasteiger partial charge in [0.2, 0.25) is 0 Å². The zero-order chi connectivity index (χ0) is 31.5. The third-order valence-corrected chi connectivity index (χ3v) is 11.5. The van der Waals surface area contributed by atoms with Gasteiger partial charge in [-0.2, -0.15) is 11.8 Å². The van der Waals surface area contributed by atoms with Crippen molar-refractivity contribution in [3.8, 4) is 11.1 Å². The third-order valence-electron chi connectivity index (χ3n) is 10.4. The van der Waals surface area contributed by atoms with Crippen LogP contribution in [0.5, 0.6) is 0 Å². The van der Waals surface area contributed by atoms with Crippen LogP contribution < -0.4 is 10.6 Å². The van der Waals surface area contributed by atoms with Gasteiger partial charge in [0.1, 0.15) is 0 Å². The number of benzene rings is 3. The van der Waals surface area contributed by atoms with Crippen LogP contribution in [0.2, 0.25) is 0 Å². The van der Waals surface area contributed by atoms with E-state index < -0.39 is 6.29 Å². The predicted octanol–water partition coefficient (Wildman–Crippen LogP) is 6.88. The lowest BCUT2D eigenvalue weighted by Crippen LogP contribution is -2.61. The number of ether oxygens (including phenoxy) is 2. The monoisotopic (exact) mass is 642 g/mol. The van der Waals surface area contributed by atoms with Gasteiger partial charge in [0.05, 0.1) is 25.4 Å². The molecule has 0 aromatic heterocycles. The van der Waals surface area contributed by atoms with Crippen LogP contribution in [0.4, 0.5) is 4.79 Å². The molecule has 1 aliphatic heterocycles. The topological polar surface area (TPSA) is 100 Å². The van der Waals surface area contributed by atoms with Crippen molar-refractivity contribution < 1.29 is 24.5 Å². The summed E-state index contributed by atoms with van der Waals surface area (Å²) in [6, 6.07) is 24.5. The molecule has 3 aromatic rings. The van der Waals surface area contributed by atoms with Gasteiger partial charge < -0.3 is 30.3 Å². The van der Waals surface area contributed by atoms with E-state index >= 15 is 0 Å². The molecule has 1 saturated heterocycles. The Balaban J connectivity index is 1.02. The number of thioether (sulfide) groups is 1. The van der Waals surface area contributed by atoms with E-state index in [2.05, 4.69) is 41.0 Å². The molecule has 0 spiro atoms. The molecule has 5 fully saturated rings. The van der Waals surface area contributed by atoms with Gasteiger partial charge in [-0.05, 0) is 96.2 Å². The van der Waals surface area contributed by atoms with Crippen LogP contribution in [-0.2, 0) is 22.6 Å². The molecule has 8 heteroatoms. The van der Waals surface area contributed by atoms with Crippen LogP contribution in [0.1, 0.15) is 79.6 Å². The van der Waals surface area contributed by atoms with Gasteiger partial charge in [0.25, 0.3) is 0 Å². The maximum Gasteiger partial charge on any atom is 0.315 e. The van der Waals surface area contributed by atoms with Crippen LogP contribution in [0.25, 0.3) is 11.1 Å². The van der Waals surface area contributed by atoms with Crippen molar-refractivity contribution in [2.24, 2.45) is 17.8 Å². The van der Waals surface area contributed by atoms with Crippen molar-refractivity contribution in [2.45, 2.75) is 82.1 Å². The molecule has 2 amide bonds. The summed E-state index contributed by atoms with van der Waals surface area (Å²) in [4.78, 5) is 13.1. The van der Waals surface area contributed by atoms with Gasteiger partial charge in [0.15, 0.2) is 6.29 Å². The number of aliphatic hydroxyl groups excluding tert-OH is 2. The van der Waals surface area contributed by atoms with Gasteiger partial charge in [-0.25, -0.2) is 4.79 Å². The zero-order valence-corrected chi connectivity index (χ0v) is 27.2. The summed E-state index contributed by atoms with van der Waals surface area (Å²) < 4.78 is 13.0. The highest BCUT2D eigenvalue weighted by Crippen LogP contribution is 2.55. The Kier molecular flexibility index (Phi) is 9.70. The summed E-state index contributed by atoms with van der Waals surface area (Å²) in [5, 5.41) is 25.4. The fourth-order valence-corrected chi connectivity index (χ4v) is 9.53. The second kappa shape index (κ2) is 14.1. The Morgan fingerprint density at radius 3 is 2.20 bits per heavy atom. The molecule has 244 valence electrons. The van der Waals surface area contributed by atoms with Crippen LogP contribution in [0, 0.1) is 17.8 Å². The molecular formula is C38H46N2O5S. The molecule has 3 aromatic carbocycles. The van der Waals surface area contributed by atoms with Crippen LogP contribution in [0.3, 0.4) is 0 Å². The Hall–Kier alpha value is -2.88. The lowest BCUT2D eigenvalue weighted by molar-refractivity contribution is -0.245. The zero-order valence-electron chi connectivity index (χ0n) is 26.4. The molecule has 4 bridgehead atoms. The Labute approximate surface area is 276 Å². The number of carbonyl (C=O) groups is 1. The van der Waals surface area contributed by atoms with Crippen molar-refractivity contribution in [1.82, 2.24) is 10.6 Å². The average Bonchev–Trinajstić information content (AvgIpc) is 3.07. The Bertz CT molecular complexity index is 1460. The summed E-state index contributed by atoms with van der Waals surface area (Å²) in [6.07, 6.45) is 7.53. The van der Waals surface area contributed by atoms with E-state index in [0.29, 0.717) is 12.3 Å². The largest absolute Gasteiger partial charge is 0.396 e. The van der Waals surface area contributed by atoms with Crippen molar-refractivity contribution in [3.05, 3.63) is 95.1 Å². The van der Waals surface area contributed by atoms with E-state index in [1.807, 2.05) is 42.5 Å². The van der Waals surface area contributed by atoms with E-state index in [-0.39, 0.29) is 37.0 Å². The lowest BCUT2D eigenvalue weighted by atomic mass is 9.53. The second-order valence-corrected chi connectivity index (χ2v) is 15.1. The molecule has 8 rings (SSSR count). The minimum absolute atomic E-state index is 0.00278. The summed E-state index contributed by atoms with van der Waals surface area (Å²) in [5.74, 6) is 3.83. The summed E-state index contributed by atoms with van der Waals surface area (Å²) >= 11 is 1.69. The van der Waals surface area contributed by atoms with Crippen LogP contribution in [-0.4, -0.2) is 46.0 Å². The Morgan fingerprint density at radius 2 is 1.50 bits per heavy atom. The Morgan fingerprint density at radius 1 is 0.804 bits per heavy atom. The molecule has 1 heterocycles. The van der Waals surface area contributed by atoms with Gasteiger partial charge in [0, 0.05) is 35.6 Å². The summed E-state index contributed by atoms with van der Waals surface area (Å²) in [6.45, 7) is 0.633. The fraction of sp³-hybridized carbons (Fsp3) is 0.500. The van der Waals surface area contributed by atoms with Gasteiger partial charge >= 0.3 is 6.03 Å². The molecule has 4 aliphatic carbocycles. The maximum absolute atomic E-state index is 13.1. The number of aliphatic hydroxyl groups is 2. The predicted molar refractivity (Wildman–Crippen MR) is 181 cm³/mol. The molecule has 46 heavy (non-hydrogen) atoms. The van der Waals surface area contributed by atoms with Crippen molar-refractivity contribution >= 4 is 17.8 Å². The highest BCUT2D eigenvalue weighted by molar-refractivity contribution is 7.99. The number of nitrogens with one attached hydrogen (secondary N) is 2. The molecule has 7 nitrogen and oxygen atoms in total. The molecule has 4 saturated carbocycles. The standard InChI is InChI=1S/C38H46N2O5S/c41-11-12-46-24-34-18-35(30-9-7-25(23-42)8-10-30)45-36(44-34)33-6-2-5-32(17-33)31-4-1-3-26(16-31)22-39-37(43)40-38-19-27-13-28(20-38)15-29(14-27)21-38/h1-10,16-17,27-29,34-36,41-42H,11-15,18-24H2,(H2,39,40,43)/t27?,28?,29?,34-,35+,36+,38?/m0/s1. The first-order valence-electron chi connectivity index (χ1n) is 16.9. The van der Waals surface area contributed by atoms with E-state index in [9.17, 15) is 15.0 Å². The maximum atomic E-state index is 13.1. The van der Waals surface area contributed by atoms with E-state index in [1.54, 1.807) is 11.8 Å². The first kappa shape index (κ1) is 31.7. The van der Waals surface area contributed by atoms with Gasteiger partial charge in [-0.1, -0.05) is 60.7 Å². The quantitative estimate of drug-likeness (QED) is 0.170. The third kappa shape index (κ3) is 7.32. The smallest absolute Gasteiger partial charge is 0.315 e. The number of hydrogen-bond acceptors (Lipinski definition) is 6. The molecular weight excluding hydrogens is 596 g/mol. The minimum atomic E-state index is -0.533. The highest BCUT2D eigenvalue weighted by atomic mass is 32.2. The van der Waals surface area contributed by atoms with Gasteiger partial charge in [-0.15, -0.1) is 0 Å². The van der Waals surface area contributed by atoms with Crippen LogP contribution >= 0.6 is 11.8 Å². The highest BCUT2D eigenvalue weighted by Gasteiger charge is 2.51. The van der Waals surface area contributed by atoms with E-state index in [1.165, 1.54) is 19.3 Å². The SMILES string of the molecule is O=C(NCc1cccc(-c2cccc([C@@H]3O[C@H](CSCCO)C[C@H](c4ccc(CO)cc4)O3)c2)c1)NC12CC3CC(CC(C3)C1)C2. The number of urea groups is 1. The minimum Gasteiger partial charge on any atom is -0.396 e. The molecule has 4 N–H and O–H groups in total. The van der Waals surface area contributed by atoms with Crippen molar-refractivity contribution in [2.75, 3.05) is 18.1 Å². The fourth-order valence-electron chi connectivity index (χ4n) is 8.76. The molecule has 3 atom stereocenters. The van der Waals surface area contributed by atoms with Crippen LogP contribution in [0.15, 0.2) is 72.8 Å². The van der Waals surface area contributed by atoms with Crippen molar-refractivity contribution in [3.63, 3.8) is 0 Å². The first-order valence-corrected chi connectivity index (χ1v) is 18.1.